The number of hydrogen-bond acceptors (Lipinski definition) is 16. The maximum absolute atomic E-state index is 14.9. The van der Waals surface area contributed by atoms with E-state index in [2.05, 4.69) is 60.7 Å². The molecule has 0 spiro atoms. The molecule has 12 aromatic rings. The molecule has 3 amide bonds. The number of aromatic nitrogens is 1. The molecule has 4 heterocycles. The number of para-hydroxylation sites is 2. The minimum Gasteiger partial charge on any atom is -0.481 e. The van der Waals surface area contributed by atoms with Crippen LogP contribution in [0.2, 0.25) is 0 Å². The smallest absolute Gasteiger partial charge is 0.336 e. The third-order valence-corrected chi connectivity index (χ3v) is 19.1. The SMILES string of the molecule is CNc1ccc(Oc2cccc3c2C(=O)Nc2ccc(cc2)Nc2cccc(c2)OC(=O)C2CC(C(=O)O)C(C(=O)Nc4ccc(N(c5ccc(NC(=O)c6cc(C(C)=O)c(C(C)=O)cc6C(=O)O)cc5)c5ccc(-n6c7ccccc7c7ccccc76)cc5)cc4)CC2C(=O)CNc2ccc(cc2)O3)cc1. The van der Waals surface area contributed by atoms with Crippen molar-refractivity contribution in [2.75, 3.05) is 50.4 Å². The number of ether oxygens (including phenoxy) is 3. The number of Topliss-reactive ketones (excluding diaryl/α,β-unsaturated/α-hetero) is 3. The Balaban J connectivity index is 0.745. The van der Waals surface area contributed by atoms with Crippen LogP contribution in [0.4, 0.5) is 56.9 Å². The first-order valence-electron chi connectivity index (χ1n) is 34.3. The molecule has 4 aliphatic rings. The number of nitrogens with one attached hydrogen (secondary N) is 6. The van der Waals surface area contributed by atoms with E-state index in [1.165, 1.54) is 13.8 Å². The van der Waals surface area contributed by atoms with Gasteiger partial charge in [-0.1, -0.05) is 48.5 Å². The second-order valence-corrected chi connectivity index (χ2v) is 25.9. The summed E-state index contributed by atoms with van der Waals surface area (Å²) in [5.41, 5.74) is 7.30. The van der Waals surface area contributed by atoms with E-state index in [1.807, 2.05) is 65.6 Å². The summed E-state index contributed by atoms with van der Waals surface area (Å²) in [5, 5.41) is 41.4. The number of amides is 3. The van der Waals surface area contributed by atoms with Gasteiger partial charge in [0.1, 0.15) is 34.3 Å². The highest BCUT2D eigenvalue weighted by molar-refractivity contribution is 6.16. The molecule has 4 atom stereocenters. The summed E-state index contributed by atoms with van der Waals surface area (Å²) in [6, 6.07) is 72.1. The van der Waals surface area contributed by atoms with Crippen molar-refractivity contribution in [1.82, 2.24) is 4.57 Å². The second-order valence-electron chi connectivity index (χ2n) is 25.9. The number of ketones is 3. The molecule has 532 valence electrons. The number of carboxylic acid groups (broad SMARTS) is 2. The van der Waals surface area contributed by atoms with Crippen LogP contribution in [-0.2, 0) is 19.2 Å². The van der Waals surface area contributed by atoms with Crippen molar-refractivity contribution < 1.29 is 67.6 Å². The average molecular weight is 1430 g/mol. The molecule has 1 saturated carbocycles. The molecule has 4 unspecified atom stereocenters. The number of aromatic carboxylic acids is 1. The largest absolute Gasteiger partial charge is 0.481 e. The van der Waals surface area contributed by atoms with Crippen molar-refractivity contribution in [1.29, 1.82) is 0 Å². The van der Waals surface area contributed by atoms with E-state index in [4.69, 9.17) is 14.2 Å². The van der Waals surface area contributed by atoms with Crippen molar-refractivity contribution in [3.05, 3.63) is 277 Å². The quantitative estimate of drug-likeness (QED) is 0.0269. The van der Waals surface area contributed by atoms with Crippen LogP contribution in [0.15, 0.2) is 249 Å². The van der Waals surface area contributed by atoms with Crippen molar-refractivity contribution in [2.24, 2.45) is 23.7 Å². The number of nitrogens with zero attached hydrogens (tertiary/aromatic N) is 2. The highest BCUT2D eigenvalue weighted by atomic mass is 16.5. The van der Waals surface area contributed by atoms with Gasteiger partial charge in [-0.2, -0.15) is 0 Å². The Morgan fingerprint density at radius 1 is 0.505 bits per heavy atom. The van der Waals surface area contributed by atoms with Gasteiger partial charge in [0.2, 0.25) is 5.91 Å². The van der Waals surface area contributed by atoms with E-state index in [0.717, 1.165) is 45.3 Å². The van der Waals surface area contributed by atoms with Crippen LogP contribution in [-0.4, -0.2) is 81.4 Å². The zero-order chi connectivity index (χ0) is 74.6. The zero-order valence-corrected chi connectivity index (χ0v) is 57.8. The lowest BCUT2D eigenvalue weighted by atomic mass is 9.66. The first-order valence-corrected chi connectivity index (χ1v) is 34.3. The van der Waals surface area contributed by atoms with Crippen LogP contribution in [0.3, 0.4) is 0 Å². The van der Waals surface area contributed by atoms with Gasteiger partial charge in [0.05, 0.1) is 46.5 Å². The Hall–Kier alpha value is -14.2. The number of rotatable bonds is 15. The van der Waals surface area contributed by atoms with Crippen LogP contribution in [0.1, 0.15) is 78.5 Å². The minimum atomic E-state index is -1.47. The van der Waals surface area contributed by atoms with Crippen LogP contribution in [0, 0.1) is 23.7 Å². The first-order chi connectivity index (χ1) is 51.8. The van der Waals surface area contributed by atoms with Gasteiger partial charge in [0.15, 0.2) is 17.3 Å². The van der Waals surface area contributed by atoms with E-state index < -0.39 is 88.6 Å². The van der Waals surface area contributed by atoms with Gasteiger partial charge in [-0.15, -0.1) is 0 Å². The van der Waals surface area contributed by atoms with E-state index in [9.17, 15) is 53.4 Å². The number of hydrogen-bond donors (Lipinski definition) is 8. The van der Waals surface area contributed by atoms with E-state index >= 15 is 0 Å². The van der Waals surface area contributed by atoms with Crippen LogP contribution < -0.4 is 51.0 Å². The monoisotopic (exact) mass is 1420 g/mol. The predicted molar refractivity (Wildman–Crippen MR) is 409 cm³/mol. The molecular formula is C85H68N8O14. The summed E-state index contributed by atoms with van der Waals surface area (Å²) in [5.74, 6) is -11.3. The fourth-order valence-electron chi connectivity index (χ4n) is 13.8. The highest BCUT2D eigenvalue weighted by Crippen LogP contribution is 2.44. The van der Waals surface area contributed by atoms with Gasteiger partial charge in [0.25, 0.3) is 11.8 Å². The number of esters is 1. The highest BCUT2D eigenvalue weighted by Gasteiger charge is 2.49. The van der Waals surface area contributed by atoms with E-state index in [1.54, 1.807) is 159 Å². The maximum atomic E-state index is 14.9. The van der Waals surface area contributed by atoms with Crippen molar-refractivity contribution in [2.45, 2.75) is 26.7 Å². The standard InChI is InChI=1S/C85H68N8O14/c1-48(94)66-43-69(71(83(100)101)44-67(66)49(2)95)80(97)89-54-22-30-57(31-23-54)92(59-34-36-60(37-35-59)93-74-14-6-4-12-64(74)65-13-5-7-15-75(65)93)58-32-24-55(25-33-58)90-81(98)70-45-68-73(46-72(70)84(102)103)85(104)107-63-11-8-10-56(42-63)88-52-18-20-53(21-19-52)91-82(99)79-77(105-61-38-26-50(86-3)27-39-61)16-9-17-78(79)106-62-40-28-51(29-41-62)87-47-76(68)96/h4-44,68,70,72-73,86-88H,45-47H2,1-3H3,(H,89,97)(H,90,98)(H,91,99)(H,100,101)(H,102,103). The fraction of sp³-hybridized carbons (Fsp3) is 0.118. The molecule has 3 aliphatic heterocycles. The van der Waals surface area contributed by atoms with Crippen LogP contribution in [0.5, 0.6) is 28.7 Å². The number of anilines is 10. The molecule has 22 heteroatoms. The molecule has 1 aliphatic carbocycles. The second kappa shape index (κ2) is 30.0. The molecule has 0 saturated heterocycles. The third kappa shape index (κ3) is 14.9. The summed E-state index contributed by atoms with van der Waals surface area (Å²) >= 11 is 0. The zero-order valence-electron chi connectivity index (χ0n) is 57.8. The van der Waals surface area contributed by atoms with Gasteiger partial charge < -0.3 is 65.8 Å². The van der Waals surface area contributed by atoms with Crippen molar-refractivity contribution in [3.63, 3.8) is 0 Å². The lowest BCUT2D eigenvalue weighted by molar-refractivity contribution is -0.156. The predicted octanol–water partition coefficient (Wildman–Crippen LogP) is 17.1. The fourth-order valence-corrected chi connectivity index (χ4v) is 13.8. The Bertz CT molecular complexity index is 5460. The number of aliphatic carboxylic acids is 1. The minimum absolute atomic E-state index is 0.0979. The summed E-state index contributed by atoms with van der Waals surface area (Å²) in [7, 11) is 1.80. The molecule has 6 bridgehead atoms. The third-order valence-electron chi connectivity index (χ3n) is 19.1. The average Bonchev–Trinajstić information content (AvgIpc) is 1.60. The lowest BCUT2D eigenvalue weighted by Crippen LogP contribution is -2.48. The number of benzene rings is 11. The van der Waals surface area contributed by atoms with Gasteiger partial charge in [-0.25, -0.2) is 4.79 Å². The van der Waals surface area contributed by atoms with Gasteiger partial charge in [-0.3, -0.25) is 38.4 Å². The molecular weight excluding hydrogens is 1360 g/mol. The summed E-state index contributed by atoms with van der Waals surface area (Å²) < 4.78 is 20.9. The topological polar surface area (TPSA) is 302 Å². The summed E-state index contributed by atoms with van der Waals surface area (Å²) in [4.78, 5) is 126. The normalized spacial score (nSPS) is 15.7. The molecule has 1 fully saturated rings. The van der Waals surface area contributed by atoms with E-state index in [-0.39, 0.29) is 63.8 Å². The number of carbonyl (C=O) groups excluding carboxylic acids is 7. The van der Waals surface area contributed by atoms with Gasteiger partial charge in [0, 0.05) is 103 Å². The molecule has 22 nitrogen and oxygen atoms in total. The number of carboxylic acids is 2. The maximum Gasteiger partial charge on any atom is 0.336 e. The van der Waals surface area contributed by atoms with Gasteiger partial charge in [-0.05, 0) is 221 Å². The molecule has 8 N–H and O–H groups in total. The molecule has 0 radical (unpaired) electrons. The van der Waals surface area contributed by atoms with E-state index in [0.29, 0.717) is 51.3 Å². The lowest BCUT2D eigenvalue weighted by Gasteiger charge is -2.37. The number of carbonyl (C=O) groups is 9. The molecule has 11 aromatic carbocycles. The molecule has 16 rings (SSSR count). The summed E-state index contributed by atoms with van der Waals surface area (Å²) in [6.07, 6.45) is -0.761. The first kappa shape index (κ1) is 69.9. The molecule has 107 heavy (non-hydrogen) atoms. The Morgan fingerprint density at radius 3 is 1.65 bits per heavy atom. The molecule has 1 aromatic heterocycles. The Morgan fingerprint density at radius 2 is 1.06 bits per heavy atom. The van der Waals surface area contributed by atoms with Crippen molar-refractivity contribution >= 4 is 132 Å². The number of fused-ring (bicyclic) bond motifs is 5. The van der Waals surface area contributed by atoms with Crippen LogP contribution >= 0.6 is 0 Å². The van der Waals surface area contributed by atoms with Gasteiger partial charge >= 0.3 is 17.9 Å². The Labute approximate surface area is 612 Å². The van der Waals surface area contributed by atoms with Crippen LogP contribution in [0.25, 0.3) is 27.5 Å². The summed E-state index contributed by atoms with van der Waals surface area (Å²) in [6.45, 7) is 2.07. The van der Waals surface area contributed by atoms with Crippen molar-refractivity contribution in [3.8, 4) is 34.4 Å². The Kier molecular flexibility index (Phi) is 19.6.